The molecule has 3 heterocycles. The highest BCUT2D eigenvalue weighted by Crippen LogP contribution is 2.23. The highest BCUT2D eigenvalue weighted by atomic mass is 16.2. The van der Waals surface area contributed by atoms with Crippen molar-refractivity contribution < 1.29 is 4.79 Å². The Morgan fingerprint density at radius 1 is 1.29 bits per heavy atom. The van der Waals surface area contributed by atoms with Crippen molar-refractivity contribution in [2.45, 2.75) is 26.2 Å². The molecular formula is C17H22N6O. The van der Waals surface area contributed by atoms with Gasteiger partial charge in [0.15, 0.2) is 0 Å². The molecule has 1 atom stereocenters. The van der Waals surface area contributed by atoms with Crippen LogP contribution in [0.1, 0.15) is 34.8 Å². The smallest absolute Gasteiger partial charge is 0.272 e. The lowest BCUT2D eigenvalue weighted by molar-refractivity contribution is 0.0666. The Balaban J connectivity index is 1.69. The molecule has 2 aromatic rings. The summed E-state index contributed by atoms with van der Waals surface area (Å²) in [6.07, 6.45) is 7.93. The molecular weight excluding hydrogens is 304 g/mol. The van der Waals surface area contributed by atoms with Crippen LogP contribution in [-0.2, 0) is 6.42 Å². The standard InChI is InChI=1S/C17H22N6O/c1-12-19-6-5-14(22-12)17(24)23-9-3-4-13(11-23)10-15-16(18-2)21-8-7-20-15/h5-8,13H,3-4,9-11H2,1-2H3,(H,18,21)/t13-/m0/s1. The number of likely N-dealkylation sites (tertiary alicyclic amines) is 1. The van der Waals surface area contributed by atoms with Gasteiger partial charge in [0.1, 0.15) is 17.3 Å². The second-order valence-corrected chi connectivity index (χ2v) is 6.05. The summed E-state index contributed by atoms with van der Waals surface area (Å²) < 4.78 is 0. The van der Waals surface area contributed by atoms with Gasteiger partial charge in [0.2, 0.25) is 0 Å². The number of anilines is 1. The Hall–Kier alpha value is -2.57. The molecule has 0 aromatic carbocycles. The Labute approximate surface area is 141 Å². The third kappa shape index (κ3) is 3.67. The third-order valence-electron chi connectivity index (χ3n) is 4.29. The summed E-state index contributed by atoms with van der Waals surface area (Å²) in [5, 5.41) is 3.08. The molecule has 7 heteroatoms. The van der Waals surface area contributed by atoms with E-state index >= 15 is 0 Å². The lowest BCUT2D eigenvalue weighted by Crippen LogP contribution is -2.41. The molecule has 0 unspecified atom stereocenters. The van der Waals surface area contributed by atoms with E-state index in [2.05, 4.69) is 25.3 Å². The molecule has 1 fully saturated rings. The first kappa shape index (κ1) is 16.3. The first-order valence-electron chi connectivity index (χ1n) is 8.24. The first-order chi connectivity index (χ1) is 11.7. The molecule has 1 aliphatic rings. The van der Waals surface area contributed by atoms with Gasteiger partial charge in [0.25, 0.3) is 5.91 Å². The van der Waals surface area contributed by atoms with Gasteiger partial charge in [-0.25, -0.2) is 15.0 Å². The SMILES string of the molecule is CNc1nccnc1C[C@@H]1CCCN(C(=O)c2ccnc(C)n2)C1. The van der Waals surface area contributed by atoms with Gasteiger partial charge in [-0.15, -0.1) is 0 Å². The number of carbonyl (C=O) groups excluding carboxylic acids is 1. The summed E-state index contributed by atoms with van der Waals surface area (Å²) in [4.78, 5) is 31.6. The van der Waals surface area contributed by atoms with Crippen molar-refractivity contribution in [3.63, 3.8) is 0 Å². The van der Waals surface area contributed by atoms with Gasteiger partial charge < -0.3 is 10.2 Å². The van der Waals surface area contributed by atoms with E-state index in [9.17, 15) is 4.79 Å². The second kappa shape index (κ2) is 7.33. The lowest BCUT2D eigenvalue weighted by Gasteiger charge is -2.32. The average molecular weight is 326 g/mol. The minimum absolute atomic E-state index is 0.0156. The number of nitrogens with one attached hydrogen (secondary N) is 1. The number of carbonyl (C=O) groups is 1. The number of amides is 1. The fraction of sp³-hybridized carbons (Fsp3) is 0.471. The molecule has 126 valence electrons. The van der Waals surface area contributed by atoms with E-state index in [1.165, 1.54) is 0 Å². The van der Waals surface area contributed by atoms with Crippen LogP contribution in [0.15, 0.2) is 24.7 Å². The maximum absolute atomic E-state index is 12.7. The topological polar surface area (TPSA) is 83.9 Å². The molecule has 0 saturated carbocycles. The Morgan fingerprint density at radius 3 is 2.92 bits per heavy atom. The quantitative estimate of drug-likeness (QED) is 0.921. The highest BCUT2D eigenvalue weighted by molar-refractivity contribution is 5.92. The molecule has 24 heavy (non-hydrogen) atoms. The number of hydrogen-bond acceptors (Lipinski definition) is 6. The predicted octanol–water partition coefficient (Wildman–Crippen LogP) is 1.71. The summed E-state index contributed by atoms with van der Waals surface area (Å²) in [5.41, 5.74) is 1.43. The molecule has 0 radical (unpaired) electrons. The van der Waals surface area contributed by atoms with Crippen LogP contribution < -0.4 is 5.32 Å². The third-order valence-corrected chi connectivity index (χ3v) is 4.29. The molecule has 0 aliphatic carbocycles. The molecule has 1 aliphatic heterocycles. The summed E-state index contributed by atoms with van der Waals surface area (Å²) >= 11 is 0. The number of piperidine rings is 1. The van der Waals surface area contributed by atoms with Gasteiger partial charge in [-0.1, -0.05) is 0 Å². The zero-order valence-electron chi connectivity index (χ0n) is 14.1. The Kier molecular flexibility index (Phi) is 4.98. The summed E-state index contributed by atoms with van der Waals surface area (Å²) in [6, 6.07) is 1.68. The van der Waals surface area contributed by atoms with Gasteiger partial charge >= 0.3 is 0 Å². The fourth-order valence-corrected chi connectivity index (χ4v) is 3.15. The van der Waals surface area contributed by atoms with Crippen molar-refractivity contribution in [2.24, 2.45) is 5.92 Å². The van der Waals surface area contributed by atoms with Crippen LogP contribution in [0.4, 0.5) is 5.82 Å². The summed E-state index contributed by atoms with van der Waals surface area (Å²) in [5.74, 6) is 1.80. The normalized spacial score (nSPS) is 17.6. The van der Waals surface area contributed by atoms with Crippen molar-refractivity contribution in [2.75, 3.05) is 25.5 Å². The summed E-state index contributed by atoms with van der Waals surface area (Å²) in [7, 11) is 1.85. The minimum Gasteiger partial charge on any atom is -0.372 e. The van der Waals surface area contributed by atoms with E-state index in [-0.39, 0.29) is 5.91 Å². The summed E-state index contributed by atoms with van der Waals surface area (Å²) in [6.45, 7) is 3.29. The van der Waals surface area contributed by atoms with E-state index in [0.29, 0.717) is 17.4 Å². The molecule has 0 spiro atoms. The van der Waals surface area contributed by atoms with Crippen molar-refractivity contribution in [1.29, 1.82) is 0 Å². The molecule has 2 aromatic heterocycles. The highest BCUT2D eigenvalue weighted by Gasteiger charge is 2.26. The fourth-order valence-electron chi connectivity index (χ4n) is 3.15. The van der Waals surface area contributed by atoms with Gasteiger partial charge in [-0.05, 0) is 38.2 Å². The van der Waals surface area contributed by atoms with E-state index in [0.717, 1.165) is 43.9 Å². The molecule has 1 N–H and O–H groups in total. The average Bonchev–Trinajstić information content (AvgIpc) is 2.62. The number of hydrogen-bond donors (Lipinski definition) is 1. The Morgan fingerprint density at radius 2 is 2.12 bits per heavy atom. The van der Waals surface area contributed by atoms with Gasteiger partial charge in [0, 0.05) is 38.7 Å². The number of rotatable bonds is 4. The van der Waals surface area contributed by atoms with Crippen molar-refractivity contribution in [3.05, 3.63) is 41.9 Å². The van der Waals surface area contributed by atoms with Crippen LogP contribution in [0, 0.1) is 12.8 Å². The Bertz CT molecular complexity index is 720. The first-order valence-corrected chi connectivity index (χ1v) is 8.24. The van der Waals surface area contributed by atoms with Crippen molar-refractivity contribution in [3.8, 4) is 0 Å². The van der Waals surface area contributed by atoms with Gasteiger partial charge in [-0.2, -0.15) is 0 Å². The minimum atomic E-state index is -0.0156. The van der Waals surface area contributed by atoms with Crippen molar-refractivity contribution >= 4 is 11.7 Å². The van der Waals surface area contributed by atoms with Crippen LogP contribution in [0.5, 0.6) is 0 Å². The van der Waals surface area contributed by atoms with E-state index in [1.54, 1.807) is 31.6 Å². The largest absolute Gasteiger partial charge is 0.372 e. The zero-order valence-corrected chi connectivity index (χ0v) is 14.1. The van der Waals surface area contributed by atoms with E-state index < -0.39 is 0 Å². The van der Waals surface area contributed by atoms with Crippen LogP contribution >= 0.6 is 0 Å². The molecule has 0 bridgehead atoms. The maximum Gasteiger partial charge on any atom is 0.272 e. The number of aromatic nitrogens is 4. The lowest BCUT2D eigenvalue weighted by atomic mass is 9.93. The van der Waals surface area contributed by atoms with E-state index in [1.807, 2.05) is 11.9 Å². The monoisotopic (exact) mass is 326 g/mol. The molecule has 7 nitrogen and oxygen atoms in total. The molecule has 1 saturated heterocycles. The molecule has 1 amide bonds. The van der Waals surface area contributed by atoms with Crippen LogP contribution in [0.3, 0.4) is 0 Å². The number of aryl methyl sites for hydroxylation is 1. The maximum atomic E-state index is 12.7. The predicted molar refractivity (Wildman–Crippen MR) is 90.7 cm³/mol. The zero-order chi connectivity index (χ0) is 16.9. The second-order valence-electron chi connectivity index (χ2n) is 6.05. The van der Waals surface area contributed by atoms with Crippen molar-refractivity contribution in [1.82, 2.24) is 24.8 Å². The molecule has 3 rings (SSSR count). The van der Waals surface area contributed by atoms with Crippen LogP contribution in [0.25, 0.3) is 0 Å². The number of nitrogens with zero attached hydrogens (tertiary/aromatic N) is 5. The van der Waals surface area contributed by atoms with Gasteiger partial charge in [-0.3, -0.25) is 9.78 Å². The van der Waals surface area contributed by atoms with Crippen LogP contribution in [-0.4, -0.2) is 50.9 Å². The van der Waals surface area contributed by atoms with Gasteiger partial charge in [0.05, 0.1) is 5.69 Å². The van der Waals surface area contributed by atoms with Crippen LogP contribution in [0.2, 0.25) is 0 Å². The van der Waals surface area contributed by atoms with E-state index in [4.69, 9.17) is 0 Å².